The van der Waals surface area contributed by atoms with E-state index in [1.54, 1.807) is 13.0 Å². The van der Waals surface area contributed by atoms with Crippen molar-refractivity contribution < 1.29 is 29.4 Å². The number of fused-ring (bicyclic) bond motifs is 2. The third kappa shape index (κ3) is 3.45. The van der Waals surface area contributed by atoms with Crippen molar-refractivity contribution in [1.29, 1.82) is 0 Å². The Morgan fingerprint density at radius 2 is 2.23 bits per heavy atom. The highest BCUT2D eigenvalue weighted by atomic mass is 32.2. The number of nitrogens with one attached hydrogen (secondary N) is 1. The molecule has 2 aliphatic heterocycles. The molecular weight excluding hydrogens is 438 g/mol. The highest BCUT2D eigenvalue weighted by molar-refractivity contribution is 8.01. The number of nitrogens with two attached hydrogens (primary N) is 1. The second kappa shape index (κ2) is 7.75. The first-order valence-electron chi connectivity index (χ1n) is 8.45. The standard InChI is InChI=1S/C15H15N7O6S2/c1-5-2-7(22-14(17-5)18-9(19-22)10(23)20-27)29-3-6-4-30-13-8(16)11(24)21(13)12(6)28-15(25)26/h2,8,13,27H,3-4,16H2,1H3,(H,20,23)(H,25,26)/t8-,13-/m1/s1. The second-order valence-electron chi connectivity index (χ2n) is 6.32. The fourth-order valence-electron chi connectivity index (χ4n) is 2.97. The largest absolute Gasteiger partial charge is 0.512 e. The number of aryl methyl sites for hydroxylation is 1. The summed E-state index contributed by atoms with van der Waals surface area (Å²) in [5.41, 5.74) is 8.46. The number of rotatable bonds is 5. The molecule has 30 heavy (non-hydrogen) atoms. The van der Waals surface area contributed by atoms with E-state index in [2.05, 4.69) is 15.1 Å². The Balaban J connectivity index is 1.64. The lowest BCUT2D eigenvalue weighted by atomic mass is 10.1. The lowest BCUT2D eigenvalue weighted by Gasteiger charge is -2.47. The minimum atomic E-state index is -1.52. The highest BCUT2D eigenvalue weighted by Gasteiger charge is 2.51. The van der Waals surface area contributed by atoms with Crippen molar-refractivity contribution in [2.24, 2.45) is 5.73 Å². The number of hydroxylamine groups is 1. The van der Waals surface area contributed by atoms with E-state index in [-0.39, 0.29) is 28.6 Å². The molecule has 2 aromatic rings. The summed E-state index contributed by atoms with van der Waals surface area (Å²) in [5.74, 6) is -0.689. The van der Waals surface area contributed by atoms with Crippen LogP contribution < -0.4 is 11.2 Å². The smallest absolute Gasteiger partial charge is 0.449 e. The van der Waals surface area contributed by atoms with Crippen LogP contribution in [-0.4, -0.2) is 75.7 Å². The van der Waals surface area contributed by atoms with Crippen LogP contribution in [0.2, 0.25) is 0 Å². The Morgan fingerprint density at radius 1 is 1.47 bits per heavy atom. The fraction of sp³-hybridized carbons (Fsp3) is 0.333. The van der Waals surface area contributed by atoms with Gasteiger partial charge in [-0.15, -0.1) is 28.6 Å². The zero-order chi connectivity index (χ0) is 21.6. The number of carbonyl (C=O) groups excluding carboxylic acids is 2. The summed E-state index contributed by atoms with van der Waals surface area (Å²) in [4.78, 5) is 44.3. The first-order valence-corrected chi connectivity index (χ1v) is 10.5. The normalized spacial score (nSPS) is 20.8. The van der Waals surface area contributed by atoms with Crippen molar-refractivity contribution in [3.05, 3.63) is 29.0 Å². The van der Waals surface area contributed by atoms with Gasteiger partial charge in [-0.2, -0.15) is 9.50 Å². The molecule has 2 aliphatic rings. The summed E-state index contributed by atoms with van der Waals surface area (Å²) >= 11 is 2.70. The molecule has 4 heterocycles. The van der Waals surface area contributed by atoms with E-state index in [1.165, 1.54) is 38.4 Å². The maximum atomic E-state index is 12.1. The number of thioether (sulfide) groups is 2. The van der Waals surface area contributed by atoms with Crippen LogP contribution in [0.4, 0.5) is 4.79 Å². The van der Waals surface area contributed by atoms with Gasteiger partial charge in [0.25, 0.3) is 5.78 Å². The number of ether oxygens (including phenoxy) is 1. The van der Waals surface area contributed by atoms with Crippen LogP contribution in [-0.2, 0) is 9.53 Å². The van der Waals surface area contributed by atoms with Crippen LogP contribution in [0.5, 0.6) is 0 Å². The van der Waals surface area contributed by atoms with Crippen LogP contribution >= 0.6 is 23.5 Å². The van der Waals surface area contributed by atoms with Crippen LogP contribution in [0.15, 0.2) is 22.5 Å². The van der Waals surface area contributed by atoms with Crippen molar-refractivity contribution in [2.75, 3.05) is 11.5 Å². The van der Waals surface area contributed by atoms with Crippen LogP contribution in [0.1, 0.15) is 16.3 Å². The number of nitrogens with zero attached hydrogens (tertiary/aromatic N) is 5. The average molecular weight is 453 g/mol. The van der Waals surface area contributed by atoms with Gasteiger partial charge in [0.05, 0.1) is 0 Å². The van der Waals surface area contributed by atoms with E-state index in [1.807, 2.05) is 0 Å². The van der Waals surface area contributed by atoms with E-state index in [0.29, 0.717) is 22.0 Å². The van der Waals surface area contributed by atoms with Gasteiger partial charge >= 0.3 is 12.1 Å². The summed E-state index contributed by atoms with van der Waals surface area (Å²) in [7, 11) is 0. The zero-order valence-corrected chi connectivity index (χ0v) is 16.9. The summed E-state index contributed by atoms with van der Waals surface area (Å²) in [6, 6.07) is 1.03. The van der Waals surface area contributed by atoms with Gasteiger partial charge in [0.2, 0.25) is 17.6 Å². The lowest BCUT2D eigenvalue weighted by Crippen LogP contribution is -2.68. The number of amides is 2. The van der Waals surface area contributed by atoms with E-state index < -0.39 is 24.0 Å². The average Bonchev–Trinajstić information content (AvgIpc) is 3.14. The maximum absolute atomic E-state index is 12.1. The molecule has 0 aromatic carbocycles. The van der Waals surface area contributed by atoms with Gasteiger partial charge in [0.1, 0.15) is 16.4 Å². The third-order valence-electron chi connectivity index (χ3n) is 4.32. The van der Waals surface area contributed by atoms with Crippen molar-refractivity contribution >= 4 is 47.3 Å². The molecule has 0 saturated carbocycles. The van der Waals surface area contributed by atoms with Gasteiger partial charge in [-0.05, 0) is 13.0 Å². The lowest BCUT2D eigenvalue weighted by molar-refractivity contribution is -0.144. The van der Waals surface area contributed by atoms with Crippen LogP contribution in [0.3, 0.4) is 0 Å². The summed E-state index contributed by atoms with van der Waals surface area (Å²) in [6.07, 6.45) is -1.52. The number of β-lactam (4-membered cyclic amide) rings is 1. The molecule has 2 aromatic heterocycles. The van der Waals surface area contributed by atoms with E-state index >= 15 is 0 Å². The SMILES string of the molecule is Cc1cc(SCC2=C(OC(=O)O)N3C(=O)[C@@H](N)[C@H]3SC2)n2nc(C(=O)NO)nc2n1. The summed E-state index contributed by atoms with van der Waals surface area (Å²) in [6.45, 7) is 1.74. The third-order valence-corrected chi connectivity index (χ3v) is 6.76. The minimum Gasteiger partial charge on any atom is -0.449 e. The van der Waals surface area contributed by atoms with Crippen molar-refractivity contribution in [1.82, 2.24) is 30.0 Å². The molecule has 1 saturated heterocycles. The quantitative estimate of drug-likeness (QED) is 0.117. The molecule has 2 atom stereocenters. The second-order valence-corrected chi connectivity index (χ2v) is 8.43. The molecule has 4 rings (SSSR count). The predicted octanol–water partition coefficient (Wildman–Crippen LogP) is -0.208. The molecule has 0 aliphatic carbocycles. The molecule has 0 spiro atoms. The highest BCUT2D eigenvalue weighted by Crippen LogP contribution is 2.41. The van der Waals surface area contributed by atoms with Crippen molar-refractivity contribution in [3.63, 3.8) is 0 Å². The van der Waals surface area contributed by atoms with Gasteiger partial charge in [0.15, 0.2) is 0 Å². The Kier molecular flexibility index (Phi) is 5.27. The summed E-state index contributed by atoms with van der Waals surface area (Å²) < 4.78 is 6.23. The molecule has 5 N–H and O–H groups in total. The first-order chi connectivity index (χ1) is 14.3. The van der Waals surface area contributed by atoms with Gasteiger partial charge in [-0.25, -0.2) is 15.3 Å². The number of hydrogen-bond donors (Lipinski definition) is 4. The van der Waals surface area contributed by atoms with E-state index in [9.17, 15) is 14.4 Å². The number of aromatic nitrogens is 4. The minimum absolute atomic E-state index is 0.0218. The molecule has 15 heteroatoms. The van der Waals surface area contributed by atoms with Crippen LogP contribution in [0, 0.1) is 6.92 Å². The monoisotopic (exact) mass is 453 g/mol. The Labute approximate surface area is 176 Å². The summed E-state index contributed by atoms with van der Waals surface area (Å²) in [5, 5.41) is 22.1. The fourth-order valence-corrected chi connectivity index (χ4v) is 5.42. The molecule has 13 nitrogen and oxygen atoms in total. The Morgan fingerprint density at radius 3 is 2.93 bits per heavy atom. The number of carboxylic acid groups (broad SMARTS) is 1. The molecule has 0 radical (unpaired) electrons. The maximum Gasteiger partial charge on any atom is 0.512 e. The van der Waals surface area contributed by atoms with Crippen molar-refractivity contribution in [3.8, 4) is 0 Å². The molecule has 1 fully saturated rings. The number of carbonyl (C=O) groups is 3. The topological polar surface area (TPSA) is 185 Å². The van der Waals surface area contributed by atoms with Gasteiger partial charge in [0, 0.05) is 22.8 Å². The van der Waals surface area contributed by atoms with Crippen molar-refractivity contribution in [2.45, 2.75) is 23.4 Å². The van der Waals surface area contributed by atoms with Gasteiger partial charge in [-0.1, -0.05) is 0 Å². The van der Waals surface area contributed by atoms with Gasteiger partial charge < -0.3 is 15.6 Å². The molecular formula is C15H15N7O6S2. The predicted molar refractivity (Wildman–Crippen MR) is 103 cm³/mol. The number of hydrogen-bond acceptors (Lipinski definition) is 11. The first kappa shape index (κ1) is 20.4. The van der Waals surface area contributed by atoms with E-state index in [4.69, 9.17) is 20.8 Å². The molecule has 158 valence electrons. The molecule has 0 unspecified atom stereocenters. The van der Waals surface area contributed by atoms with Crippen LogP contribution in [0.25, 0.3) is 5.78 Å². The van der Waals surface area contributed by atoms with Gasteiger partial charge in [-0.3, -0.25) is 19.7 Å². The Hall–Kier alpha value is -2.88. The Bertz CT molecular complexity index is 1100. The zero-order valence-electron chi connectivity index (χ0n) is 15.3. The molecule has 0 bridgehead atoms. The van der Waals surface area contributed by atoms with E-state index in [0.717, 1.165) is 0 Å². The molecule has 2 amide bonds.